The molecule has 17 heavy (non-hydrogen) atoms. The number of rotatable bonds is 3. The van der Waals surface area contributed by atoms with Gasteiger partial charge in [-0.1, -0.05) is 6.42 Å². The zero-order chi connectivity index (χ0) is 11.2. The Morgan fingerprint density at radius 3 is 3.06 bits per heavy atom. The fourth-order valence-corrected chi connectivity index (χ4v) is 4.64. The van der Waals surface area contributed by atoms with Crippen LogP contribution in [0, 0.1) is 17.8 Å². The number of nitrogens with zero attached hydrogens (tertiary/aromatic N) is 2. The summed E-state index contributed by atoms with van der Waals surface area (Å²) in [5, 5.41) is 2.31. The van der Waals surface area contributed by atoms with Gasteiger partial charge in [0.05, 0.1) is 5.39 Å². The molecule has 0 spiro atoms. The van der Waals surface area contributed by atoms with Crippen molar-refractivity contribution in [1.82, 2.24) is 15.0 Å². The highest BCUT2D eigenvalue weighted by Crippen LogP contribution is 2.58. The van der Waals surface area contributed by atoms with Gasteiger partial charge in [-0.25, -0.2) is 9.97 Å². The number of hydrogen-bond acceptors (Lipinski definition) is 3. The molecule has 4 heteroatoms. The maximum atomic E-state index is 4.40. The van der Waals surface area contributed by atoms with Crippen LogP contribution in [-0.2, 0) is 0 Å². The number of hydrogen-bond donors (Lipinski definition) is 1. The van der Waals surface area contributed by atoms with E-state index in [4.69, 9.17) is 0 Å². The summed E-state index contributed by atoms with van der Waals surface area (Å²) < 4.78 is 0. The molecule has 2 aliphatic carbocycles. The lowest BCUT2D eigenvalue weighted by Crippen LogP contribution is -1.93. The molecule has 2 heterocycles. The molecule has 2 aromatic heterocycles. The first-order valence-corrected chi connectivity index (χ1v) is 7.33. The lowest BCUT2D eigenvalue weighted by Gasteiger charge is -2.03. The standard InChI is InChI=1S/C13H15N3S/c1-2-8-9(3-1)11(8)6-17-13-10-4-5-14-12(10)15-7-16-13/h4-5,7-9,11H,1-3,6H2,(H,14,15,16). The second-order valence-electron chi connectivity index (χ2n) is 5.15. The largest absolute Gasteiger partial charge is 0.346 e. The minimum absolute atomic E-state index is 0.957. The van der Waals surface area contributed by atoms with Crippen molar-refractivity contribution in [3.8, 4) is 0 Å². The molecule has 2 atom stereocenters. The van der Waals surface area contributed by atoms with Crippen LogP contribution in [0.3, 0.4) is 0 Å². The molecule has 3 nitrogen and oxygen atoms in total. The topological polar surface area (TPSA) is 41.6 Å². The van der Waals surface area contributed by atoms with Gasteiger partial charge in [-0.15, -0.1) is 11.8 Å². The second-order valence-corrected chi connectivity index (χ2v) is 6.16. The highest BCUT2D eigenvalue weighted by Gasteiger charge is 2.51. The van der Waals surface area contributed by atoms with E-state index in [-0.39, 0.29) is 0 Å². The van der Waals surface area contributed by atoms with Crippen molar-refractivity contribution < 1.29 is 0 Å². The third-order valence-electron chi connectivity index (χ3n) is 4.31. The van der Waals surface area contributed by atoms with Gasteiger partial charge in [-0.2, -0.15) is 0 Å². The maximum absolute atomic E-state index is 4.40. The first kappa shape index (κ1) is 9.95. The fraction of sp³-hybridized carbons (Fsp3) is 0.538. The van der Waals surface area contributed by atoms with Crippen molar-refractivity contribution in [2.45, 2.75) is 24.3 Å². The highest BCUT2D eigenvalue weighted by atomic mass is 32.2. The Bertz CT molecular complexity index is 540. The normalized spacial score (nSPS) is 30.7. The molecule has 0 aromatic carbocycles. The molecule has 0 saturated heterocycles. The van der Waals surface area contributed by atoms with Gasteiger partial charge in [0, 0.05) is 11.9 Å². The SMILES string of the molecule is c1nc(SCC2C3CCCC32)c2cc[nH]c2n1. The van der Waals surface area contributed by atoms with E-state index in [9.17, 15) is 0 Å². The molecule has 0 aliphatic heterocycles. The molecule has 2 unspecified atom stereocenters. The van der Waals surface area contributed by atoms with Gasteiger partial charge in [0.2, 0.25) is 0 Å². The molecule has 88 valence electrons. The zero-order valence-electron chi connectivity index (χ0n) is 9.60. The third-order valence-corrected chi connectivity index (χ3v) is 5.46. The predicted molar refractivity (Wildman–Crippen MR) is 68.9 cm³/mol. The summed E-state index contributed by atoms with van der Waals surface area (Å²) in [7, 11) is 0. The summed E-state index contributed by atoms with van der Waals surface area (Å²) in [6, 6.07) is 2.07. The monoisotopic (exact) mass is 245 g/mol. The Morgan fingerprint density at radius 2 is 2.18 bits per heavy atom. The molecule has 2 aromatic rings. The third kappa shape index (κ3) is 1.58. The molecule has 0 bridgehead atoms. The van der Waals surface area contributed by atoms with Gasteiger partial charge in [0.1, 0.15) is 17.0 Å². The van der Waals surface area contributed by atoms with Crippen LogP contribution in [-0.4, -0.2) is 20.7 Å². The zero-order valence-corrected chi connectivity index (χ0v) is 10.4. The van der Waals surface area contributed by atoms with E-state index in [1.54, 1.807) is 6.33 Å². The number of H-pyrrole nitrogens is 1. The van der Waals surface area contributed by atoms with Crippen molar-refractivity contribution in [1.29, 1.82) is 0 Å². The molecule has 2 saturated carbocycles. The van der Waals surface area contributed by atoms with Crippen LogP contribution in [0.15, 0.2) is 23.6 Å². The molecule has 1 N–H and O–H groups in total. The van der Waals surface area contributed by atoms with Crippen LogP contribution in [0.5, 0.6) is 0 Å². The molecule has 0 amide bonds. The van der Waals surface area contributed by atoms with Crippen molar-refractivity contribution >= 4 is 22.8 Å². The maximum Gasteiger partial charge on any atom is 0.141 e. The summed E-state index contributed by atoms with van der Waals surface area (Å²) in [4.78, 5) is 11.8. The number of aromatic amines is 1. The van der Waals surface area contributed by atoms with Gasteiger partial charge < -0.3 is 4.98 Å². The summed E-state index contributed by atoms with van der Waals surface area (Å²) in [6.07, 6.45) is 8.01. The van der Waals surface area contributed by atoms with Crippen LogP contribution in [0.1, 0.15) is 19.3 Å². The van der Waals surface area contributed by atoms with E-state index in [0.29, 0.717) is 0 Å². The van der Waals surface area contributed by atoms with E-state index in [1.807, 2.05) is 18.0 Å². The van der Waals surface area contributed by atoms with Gasteiger partial charge in [-0.05, 0) is 36.7 Å². The van der Waals surface area contributed by atoms with E-state index >= 15 is 0 Å². The lowest BCUT2D eigenvalue weighted by molar-refractivity contribution is 0.634. The number of fused-ring (bicyclic) bond motifs is 2. The Labute approximate surface area is 104 Å². The van der Waals surface area contributed by atoms with Gasteiger partial charge in [0.25, 0.3) is 0 Å². The Balaban J connectivity index is 1.50. The average Bonchev–Trinajstić information content (AvgIpc) is 2.80. The quantitative estimate of drug-likeness (QED) is 0.667. The average molecular weight is 245 g/mol. The van der Waals surface area contributed by atoms with Crippen molar-refractivity contribution in [3.63, 3.8) is 0 Å². The number of nitrogens with one attached hydrogen (secondary N) is 1. The first-order chi connectivity index (χ1) is 8.43. The van der Waals surface area contributed by atoms with Crippen molar-refractivity contribution in [2.24, 2.45) is 17.8 Å². The smallest absolute Gasteiger partial charge is 0.141 e. The molecule has 4 rings (SSSR count). The van der Waals surface area contributed by atoms with Crippen LogP contribution >= 0.6 is 11.8 Å². The molecular formula is C13H15N3S. The number of thioether (sulfide) groups is 1. The highest BCUT2D eigenvalue weighted by molar-refractivity contribution is 7.99. The van der Waals surface area contributed by atoms with E-state index in [1.165, 1.54) is 30.4 Å². The van der Waals surface area contributed by atoms with Crippen LogP contribution in [0.25, 0.3) is 11.0 Å². The number of aromatic nitrogens is 3. The fourth-order valence-electron chi connectivity index (χ4n) is 3.36. The molecule has 0 radical (unpaired) electrons. The summed E-state index contributed by atoms with van der Waals surface area (Å²) >= 11 is 1.91. The summed E-state index contributed by atoms with van der Waals surface area (Å²) in [5.41, 5.74) is 0.957. The Hall–Kier alpha value is -1.03. The molecular weight excluding hydrogens is 230 g/mol. The lowest BCUT2D eigenvalue weighted by atomic mass is 10.2. The van der Waals surface area contributed by atoms with Crippen LogP contribution < -0.4 is 0 Å². The minimum Gasteiger partial charge on any atom is -0.346 e. The predicted octanol–water partition coefficient (Wildman–Crippen LogP) is 3.10. The van der Waals surface area contributed by atoms with E-state index in [2.05, 4.69) is 21.0 Å². The Morgan fingerprint density at radius 1 is 1.29 bits per heavy atom. The molecule has 2 fully saturated rings. The minimum atomic E-state index is 0.957. The van der Waals surface area contributed by atoms with Gasteiger partial charge in [0.15, 0.2) is 0 Å². The molecule has 2 aliphatic rings. The Kier molecular flexibility index (Phi) is 2.18. The van der Waals surface area contributed by atoms with E-state index < -0.39 is 0 Å². The second kappa shape index (κ2) is 3.73. The van der Waals surface area contributed by atoms with Crippen molar-refractivity contribution in [2.75, 3.05) is 5.75 Å². The van der Waals surface area contributed by atoms with Crippen LogP contribution in [0.4, 0.5) is 0 Å². The summed E-state index contributed by atoms with van der Waals surface area (Å²) in [5.74, 6) is 4.31. The first-order valence-electron chi connectivity index (χ1n) is 6.34. The van der Waals surface area contributed by atoms with Crippen molar-refractivity contribution in [3.05, 3.63) is 18.6 Å². The van der Waals surface area contributed by atoms with Crippen LogP contribution in [0.2, 0.25) is 0 Å². The van der Waals surface area contributed by atoms with E-state index in [0.717, 1.165) is 28.4 Å². The van der Waals surface area contributed by atoms with Gasteiger partial charge >= 0.3 is 0 Å². The van der Waals surface area contributed by atoms with Gasteiger partial charge in [-0.3, -0.25) is 0 Å². The summed E-state index contributed by atoms with van der Waals surface area (Å²) in [6.45, 7) is 0.